The Hall–Kier alpha value is -0.600. The van der Waals surface area contributed by atoms with Gasteiger partial charge in [-0.1, -0.05) is 13.3 Å². The molecule has 15 nitrogen and oxygen atoms in total. The highest BCUT2D eigenvalue weighted by atomic mass is 16.7. The Morgan fingerprint density at radius 2 is 0.886 bits per heavy atom. The van der Waals surface area contributed by atoms with E-state index in [-0.39, 0.29) is 0 Å². The van der Waals surface area contributed by atoms with Gasteiger partial charge in [0.15, 0.2) is 18.9 Å². The van der Waals surface area contributed by atoms with Crippen LogP contribution >= 0.6 is 0 Å². The van der Waals surface area contributed by atoms with Crippen LogP contribution in [-0.2, 0) is 23.7 Å². The molecule has 0 bridgehead atoms. The van der Waals surface area contributed by atoms with Crippen molar-refractivity contribution < 1.29 is 74.7 Å². The van der Waals surface area contributed by atoms with Crippen LogP contribution in [-0.4, -0.2) is 156 Å². The second kappa shape index (κ2) is 12.3. The van der Waals surface area contributed by atoms with E-state index in [1.54, 1.807) is 0 Å². The quantitative estimate of drug-likeness (QED) is 0.144. The third kappa shape index (κ3) is 6.28. The Morgan fingerprint density at radius 3 is 1.37 bits per heavy atom. The molecule has 3 heterocycles. The highest BCUT2D eigenvalue weighted by Gasteiger charge is 2.48. The van der Waals surface area contributed by atoms with E-state index in [0.717, 1.165) is 0 Å². The van der Waals surface area contributed by atoms with Crippen LogP contribution in [0.1, 0.15) is 19.8 Å². The molecule has 0 aromatic rings. The van der Waals surface area contributed by atoms with Crippen LogP contribution in [0.4, 0.5) is 0 Å². The summed E-state index contributed by atoms with van der Waals surface area (Å²) in [4.78, 5) is 0. The Balaban J connectivity index is 1.58. The molecule has 0 radical (unpaired) electrons. The van der Waals surface area contributed by atoms with Gasteiger partial charge in [-0.25, -0.2) is 0 Å². The van der Waals surface area contributed by atoms with Gasteiger partial charge in [0.25, 0.3) is 0 Å². The summed E-state index contributed by atoms with van der Waals surface area (Å²) in [7, 11) is 0. The topological polar surface area (TPSA) is 248 Å². The van der Waals surface area contributed by atoms with Crippen LogP contribution in [0.25, 0.3) is 0 Å². The summed E-state index contributed by atoms with van der Waals surface area (Å²) in [5.41, 5.74) is 0. The lowest BCUT2D eigenvalue weighted by atomic mass is 9.96. The van der Waals surface area contributed by atoms with Crippen LogP contribution in [0, 0.1) is 0 Å². The smallest absolute Gasteiger partial charge is 0.186 e. The van der Waals surface area contributed by atoms with Gasteiger partial charge in [-0.05, 0) is 6.42 Å². The van der Waals surface area contributed by atoms with Crippen molar-refractivity contribution in [3.8, 4) is 0 Å². The van der Waals surface area contributed by atoms with Crippen molar-refractivity contribution in [2.45, 2.75) is 112 Å². The molecule has 15 heteroatoms. The number of hydrogen-bond acceptors (Lipinski definition) is 15. The molecule has 9 unspecified atom stereocenters. The van der Waals surface area contributed by atoms with E-state index < -0.39 is 105 Å². The van der Waals surface area contributed by atoms with Crippen molar-refractivity contribution >= 4 is 0 Å². The molecule has 0 aromatic heterocycles. The van der Waals surface area contributed by atoms with E-state index in [1.807, 2.05) is 6.92 Å². The molecule has 0 aromatic carbocycles. The van der Waals surface area contributed by atoms with Crippen molar-refractivity contribution in [3.05, 3.63) is 0 Å². The van der Waals surface area contributed by atoms with Crippen molar-refractivity contribution in [2.75, 3.05) is 13.2 Å². The number of aliphatic hydroxyl groups is 10. The SMILES string of the molecule is CCCC1O[C@H](OCC2O[C@H](OCC3O[C@H](O)C(O)C(O)[C@@H]3O)C(O)C(O)[C@@H]2O)C(O)C(O)[C@@H]1O. The maximum Gasteiger partial charge on any atom is 0.186 e. The van der Waals surface area contributed by atoms with Crippen molar-refractivity contribution in [3.63, 3.8) is 0 Å². The molecule has 10 N–H and O–H groups in total. The molecule has 0 amide bonds. The summed E-state index contributed by atoms with van der Waals surface area (Å²) in [6, 6.07) is 0. The largest absolute Gasteiger partial charge is 0.388 e. The lowest BCUT2D eigenvalue weighted by Gasteiger charge is -2.43. The molecule has 3 fully saturated rings. The van der Waals surface area contributed by atoms with Crippen molar-refractivity contribution in [1.29, 1.82) is 0 Å². The minimum atomic E-state index is -1.81. The van der Waals surface area contributed by atoms with Crippen molar-refractivity contribution in [2.24, 2.45) is 0 Å². The fourth-order valence-electron chi connectivity index (χ4n) is 4.22. The molecule has 0 spiro atoms. The second-order valence-corrected chi connectivity index (χ2v) is 9.02. The van der Waals surface area contributed by atoms with Gasteiger partial charge >= 0.3 is 0 Å². The Bertz CT molecular complexity index is 656. The van der Waals surface area contributed by atoms with E-state index in [1.165, 1.54) is 0 Å². The summed E-state index contributed by atoms with van der Waals surface area (Å²) in [5, 5.41) is 99.9. The van der Waals surface area contributed by atoms with Crippen LogP contribution in [0.3, 0.4) is 0 Å². The van der Waals surface area contributed by atoms with Crippen LogP contribution in [0.5, 0.6) is 0 Å². The maximum absolute atomic E-state index is 10.3. The van der Waals surface area contributed by atoms with Gasteiger partial charge in [-0.3, -0.25) is 0 Å². The van der Waals surface area contributed by atoms with E-state index in [9.17, 15) is 51.1 Å². The van der Waals surface area contributed by atoms with Gasteiger partial charge in [0.1, 0.15) is 67.1 Å². The highest BCUT2D eigenvalue weighted by Crippen LogP contribution is 2.28. The first-order valence-corrected chi connectivity index (χ1v) is 11.5. The summed E-state index contributed by atoms with van der Waals surface area (Å²) < 4.78 is 26.7. The van der Waals surface area contributed by atoms with Crippen LogP contribution < -0.4 is 0 Å². The molecule has 0 aliphatic carbocycles. The molecular weight excluding hydrogens is 480 g/mol. The van der Waals surface area contributed by atoms with Crippen LogP contribution in [0.2, 0.25) is 0 Å². The molecule has 3 saturated heterocycles. The predicted octanol–water partition coefficient (Wildman–Crippen LogP) is -5.77. The van der Waals surface area contributed by atoms with Gasteiger partial charge in [0.2, 0.25) is 0 Å². The summed E-state index contributed by atoms with van der Waals surface area (Å²) >= 11 is 0. The Labute approximate surface area is 200 Å². The number of ether oxygens (including phenoxy) is 5. The first kappa shape index (κ1) is 29.0. The fraction of sp³-hybridized carbons (Fsp3) is 1.00. The summed E-state index contributed by atoms with van der Waals surface area (Å²) in [6.45, 7) is 0.803. The monoisotopic (exact) mass is 516 g/mol. The predicted molar refractivity (Wildman–Crippen MR) is 109 cm³/mol. The lowest BCUT2D eigenvalue weighted by molar-refractivity contribution is -0.339. The molecule has 206 valence electrons. The van der Waals surface area contributed by atoms with E-state index in [0.29, 0.717) is 12.8 Å². The average Bonchev–Trinajstić information content (AvgIpc) is 2.84. The molecule has 0 saturated carbocycles. The minimum Gasteiger partial charge on any atom is -0.388 e. The zero-order chi connectivity index (χ0) is 26.0. The van der Waals surface area contributed by atoms with E-state index in [2.05, 4.69) is 0 Å². The minimum absolute atomic E-state index is 0.379. The van der Waals surface area contributed by atoms with Gasteiger partial charge in [0, 0.05) is 0 Å². The normalized spacial score (nSPS) is 51.3. The number of aliphatic hydroxyl groups excluding tert-OH is 10. The maximum atomic E-state index is 10.3. The van der Waals surface area contributed by atoms with Gasteiger partial charge < -0.3 is 74.7 Å². The van der Waals surface area contributed by atoms with E-state index in [4.69, 9.17) is 23.7 Å². The first-order chi connectivity index (χ1) is 16.5. The molecule has 3 aliphatic heterocycles. The number of rotatable bonds is 8. The van der Waals surface area contributed by atoms with Gasteiger partial charge in [0.05, 0.1) is 19.3 Å². The molecule has 15 atom stereocenters. The zero-order valence-electron chi connectivity index (χ0n) is 19.0. The second-order valence-electron chi connectivity index (χ2n) is 9.02. The zero-order valence-corrected chi connectivity index (χ0v) is 19.0. The number of hydrogen-bond donors (Lipinski definition) is 10. The third-order valence-electron chi connectivity index (χ3n) is 6.45. The molecule has 3 rings (SSSR count). The fourth-order valence-corrected chi connectivity index (χ4v) is 4.22. The van der Waals surface area contributed by atoms with Crippen molar-refractivity contribution in [1.82, 2.24) is 0 Å². The standard InChI is InChI=1S/C20H36O15/c1-2-3-6-9(21)13(25)16(28)19(34-6)32-5-8-11(23)14(26)17(29)20(35-8)31-4-7-10(22)12(24)15(27)18(30)33-7/h6-30H,2-5H2,1H3/t6?,7?,8?,9-,10-,11-,12?,13?,14?,15?,16?,17?,18+,19+,20+/m1/s1. The summed E-state index contributed by atoms with van der Waals surface area (Å²) in [6.07, 6.45) is -22.0. The summed E-state index contributed by atoms with van der Waals surface area (Å²) in [5.74, 6) is 0. The van der Waals surface area contributed by atoms with Gasteiger partial charge in [-0.15, -0.1) is 0 Å². The van der Waals surface area contributed by atoms with Crippen LogP contribution in [0.15, 0.2) is 0 Å². The third-order valence-corrected chi connectivity index (χ3v) is 6.45. The Kier molecular flexibility index (Phi) is 10.2. The van der Waals surface area contributed by atoms with E-state index >= 15 is 0 Å². The molecule has 35 heavy (non-hydrogen) atoms. The first-order valence-electron chi connectivity index (χ1n) is 11.5. The average molecular weight is 516 g/mol. The molecular formula is C20H36O15. The molecule has 3 aliphatic rings. The lowest BCUT2D eigenvalue weighted by Crippen LogP contribution is -2.62. The van der Waals surface area contributed by atoms with Gasteiger partial charge in [-0.2, -0.15) is 0 Å². The Morgan fingerprint density at radius 1 is 0.486 bits per heavy atom. The highest BCUT2D eigenvalue weighted by molar-refractivity contribution is 4.93.